The van der Waals surface area contributed by atoms with Crippen molar-refractivity contribution in [3.63, 3.8) is 0 Å². The zero-order chi connectivity index (χ0) is 18.5. The largest absolute Gasteiger partial charge is 0.360 e. The molecule has 0 spiro atoms. The predicted molar refractivity (Wildman–Crippen MR) is 99.5 cm³/mol. The molecule has 2 aromatic rings. The van der Waals surface area contributed by atoms with Crippen LogP contribution in [-0.4, -0.2) is 34.8 Å². The number of aryl methyl sites for hydroxylation is 1. The number of amides is 1. The van der Waals surface area contributed by atoms with E-state index in [1.54, 1.807) is 6.92 Å². The van der Waals surface area contributed by atoms with Crippen molar-refractivity contribution in [1.29, 1.82) is 0 Å². The number of carbonyl (C=O) groups is 2. The number of carbonyl (C=O) groups excluding carboxylic acids is 2. The van der Waals surface area contributed by atoms with E-state index in [0.717, 1.165) is 50.0 Å². The van der Waals surface area contributed by atoms with Crippen LogP contribution >= 0.6 is 0 Å². The first kappa shape index (κ1) is 18.4. The Labute approximate surface area is 154 Å². The molecule has 0 bridgehead atoms. The first-order valence-electron chi connectivity index (χ1n) is 9.46. The van der Waals surface area contributed by atoms with Crippen molar-refractivity contribution in [2.24, 2.45) is 0 Å². The van der Waals surface area contributed by atoms with E-state index in [4.69, 9.17) is 4.52 Å². The van der Waals surface area contributed by atoms with Gasteiger partial charge < -0.3 is 9.42 Å². The number of rotatable bonds is 6. The molecule has 0 saturated carbocycles. The molecule has 0 N–H and O–H groups in total. The van der Waals surface area contributed by atoms with Crippen LogP contribution in [0, 0.1) is 0 Å². The molecule has 0 radical (unpaired) electrons. The molecule has 1 aliphatic rings. The zero-order valence-electron chi connectivity index (χ0n) is 15.6. The lowest BCUT2D eigenvalue weighted by atomic mass is 10.0. The van der Waals surface area contributed by atoms with Crippen LogP contribution in [0.1, 0.15) is 77.3 Å². The van der Waals surface area contributed by atoms with Crippen LogP contribution in [0.3, 0.4) is 0 Å². The summed E-state index contributed by atoms with van der Waals surface area (Å²) >= 11 is 0. The van der Waals surface area contributed by atoms with E-state index in [2.05, 4.69) is 12.1 Å². The van der Waals surface area contributed by atoms with Gasteiger partial charge in [-0.3, -0.25) is 9.59 Å². The van der Waals surface area contributed by atoms with Crippen molar-refractivity contribution in [2.75, 3.05) is 13.1 Å². The highest BCUT2D eigenvalue weighted by atomic mass is 16.5. The molecule has 5 heteroatoms. The summed E-state index contributed by atoms with van der Waals surface area (Å²) in [4.78, 5) is 26.5. The maximum atomic E-state index is 12.5. The average molecular weight is 354 g/mol. The number of piperidine rings is 1. The van der Waals surface area contributed by atoms with Crippen LogP contribution < -0.4 is 0 Å². The summed E-state index contributed by atoms with van der Waals surface area (Å²) in [6.45, 7) is 5.30. The Kier molecular flexibility index (Phi) is 5.86. The van der Waals surface area contributed by atoms with Crippen LogP contribution in [0.25, 0.3) is 0 Å². The number of likely N-dealkylation sites (tertiary alicyclic amines) is 1. The minimum absolute atomic E-state index is 0.0124. The third kappa shape index (κ3) is 4.03. The van der Waals surface area contributed by atoms with Gasteiger partial charge in [-0.15, -0.1) is 0 Å². The van der Waals surface area contributed by atoms with Gasteiger partial charge in [0.05, 0.1) is 11.3 Å². The molecule has 1 saturated heterocycles. The summed E-state index contributed by atoms with van der Waals surface area (Å²) in [5, 5.41) is 4.07. The number of aromatic nitrogens is 1. The van der Waals surface area contributed by atoms with Crippen molar-refractivity contribution in [1.82, 2.24) is 10.1 Å². The summed E-state index contributed by atoms with van der Waals surface area (Å²) < 4.78 is 5.44. The zero-order valence-corrected chi connectivity index (χ0v) is 15.6. The predicted octanol–water partition coefficient (Wildman–Crippen LogP) is 4.05. The molecule has 138 valence electrons. The molecule has 26 heavy (non-hydrogen) atoms. The fourth-order valence-electron chi connectivity index (χ4n) is 3.52. The summed E-state index contributed by atoms with van der Waals surface area (Å²) in [7, 11) is 0. The highest BCUT2D eigenvalue weighted by Crippen LogP contribution is 2.21. The van der Waals surface area contributed by atoms with E-state index in [0.29, 0.717) is 23.3 Å². The molecular weight excluding hydrogens is 328 g/mol. The molecular formula is C21H26N2O3. The van der Waals surface area contributed by atoms with Crippen molar-refractivity contribution in [2.45, 2.75) is 52.4 Å². The highest BCUT2D eigenvalue weighted by molar-refractivity contribution is 5.96. The third-order valence-electron chi connectivity index (χ3n) is 4.88. The first-order chi connectivity index (χ1) is 12.6. The van der Waals surface area contributed by atoms with Crippen LogP contribution in [0.15, 0.2) is 28.8 Å². The minimum atomic E-state index is -0.0124. The topological polar surface area (TPSA) is 63.4 Å². The fraction of sp³-hybridized carbons (Fsp3) is 0.476. The number of ketones is 1. The summed E-state index contributed by atoms with van der Waals surface area (Å²) in [5.74, 6) is 0.697. The summed E-state index contributed by atoms with van der Waals surface area (Å²) in [6, 6.07) is 7.60. The molecule has 1 aromatic heterocycles. The van der Waals surface area contributed by atoms with Crippen molar-refractivity contribution in [3.05, 3.63) is 52.4 Å². The van der Waals surface area contributed by atoms with Gasteiger partial charge in [-0.2, -0.15) is 0 Å². The molecule has 5 nitrogen and oxygen atoms in total. The lowest BCUT2D eigenvalue weighted by molar-refractivity contribution is 0.0724. The number of benzene rings is 1. The minimum Gasteiger partial charge on any atom is -0.360 e. The number of nitrogens with zero attached hydrogens (tertiary/aromatic N) is 2. The van der Waals surface area contributed by atoms with Gasteiger partial charge in [0.25, 0.3) is 5.91 Å². The lowest BCUT2D eigenvalue weighted by Crippen LogP contribution is -2.35. The van der Waals surface area contributed by atoms with E-state index < -0.39 is 0 Å². The molecule has 1 amide bonds. The van der Waals surface area contributed by atoms with Crippen molar-refractivity contribution in [3.8, 4) is 0 Å². The van der Waals surface area contributed by atoms with Gasteiger partial charge in [-0.05, 0) is 50.3 Å². The highest BCUT2D eigenvalue weighted by Gasteiger charge is 2.20. The average Bonchev–Trinajstić information content (AvgIpc) is 3.05. The van der Waals surface area contributed by atoms with Crippen LogP contribution in [0.2, 0.25) is 0 Å². The Hall–Kier alpha value is -2.43. The Morgan fingerprint density at radius 2 is 1.81 bits per heavy atom. The summed E-state index contributed by atoms with van der Waals surface area (Å²) in [5.41, 5.74) is 3.07. The maximum absolute atomic E-state index is 12.5. The normalized spacial score (nSPS) is 14.5. The molecule has 2 heterocycles. The van der Waals surface area contributed by atoms with E-state index in [1.807, 2.05) is 29.2 Å². The Morgan fingerprint density at radius 3 is 2.42 bits per heavy atom. The van der Waals surface area contributed by atoms with Crippen LogP contribution in [0.5, 0.6) is 0 Å². The SMILES string of the molecule is CCCc1noc(Cc2ccc(C(=O)N3CCCCC3)cc2)c1C(C)=O. The third-order valence-corrected chi connectivity index (χ3v) is 4.88. The molecule has 1 aromatic carbocycles. The van der Waals surface area contributed by atoms with Gasteiger partial charge in [0.2, 0.25) is 0 Å². The van der Waals surface area contributed by atoms with Gasteiger partial charge in [0.15, 0.2) is 11.5 Å². The second kappa shape index (κ2) is 8.30. The van der Waals surface area contributed by atoms with Gasteiger partial charge in [-0.25, -0.2) is 0 Å². The molecule has 0 atom stereocenters. The molecule has 1 fully saturated rings. The van der Waals surface area contributed by atoms with Gasteiger partial charge in [0, 0.05) is 25.1 Å². The van der Waals surface area contributed by atoms with Crippen molar-refractivity contribution < 1.29 is 14.1 Å². The number of hydrogen-bond acceptors (Lipinski definition) is 4. The van der Waals surface area contributed by atoms with E-state index in [-0.39, 0.29) is 11.7 Å². The second-order valence-corrected chi connectivity index (χ2v) is 6.96. The molecule has 1 aliphatic heterocycles. The lowest BCUT2D eigenvalue weighted by Gasteiger charge is -2.26. The summed E-state index contributed by atoms with van der Waals surface area (Å²) in [6.07, 6.45) is 5.54. The smallest absolute Gasteiger partial charge is 0.253 e. The first-order valence-corrected chi connectivity index (χ1v) is 9.46. The Bertz CT molecular complexity index is 771. The second-order valence-electron chi connectivity index (χ2n) is 6.96. The maximum Gasteiger partial charge on any atom is 0.253 e. The monoisotopic (exact) mass is 354 g/mol. The van der Waals surface area contributed by atoms with Gasteiger partial charge in [-0.1, -0.05) is 30.6 Å². The van der Waals surface area contributed by atoms with E-state index >= 15 is 0 Å². The van der Waals surface area contributed by atoms with Gasteiger partial charge in [0.1, 0.15) is 0 Å². The Balaban J connectivity index is 1.73. The quantitative estimate of drug-likeness (QED) is 0.734. The van der Waals surface area contributed by atoms with Crippen molar-refractivity contribution >= 4 is 11.7 Å². The fourth-order valence-corrected chi connectivity index (χ4v) is 3.52. The van der Waals surface area contributed by atoms with Crippen LogP contribution in [-0.2, 0) is 12.8 Å². The number of Topliss-reactive ketones (excluding diaryl/α,β-unsaturated/α-hetero) is 1. The standard InChI is InChI=1S/C21H26N2O3/c1-3-7-18-20(15(2)24)19(26-22-18)14-16-8-10-17(11-9-16)21(25)23-12-5-4-6-13-23/h8-11H,3-7,12-14H2,1-2H3. The van der Waals surface area contributed by atoms with E-state index in [9.17, 15) is 9.59 Å². The van der Waals surface area contributed by atoms with Crippen LogP contribution in [0.4, 0.5) is 0 Å². The van der Waals surface area contributed by atoms with E-state index in [1.165, 1.54) is 6.42 Å². The number of hydrogen-bond donors (Lipinski definition) is 0. The Morgan fingerprint density at radius 1 is 1.12 bits per heavy atom. The molecule has 3 rings (SSSR count). The van der Waals surface area contributed by atoms with Gasteiger partial charge >= 0.3 is 0 Å². The molecule has 0 unspecified atom stereocenters. The molecule has 0 aliphatic carbocycles.